The SMILES string of the molecule is C=CCCC(CC(=O)OCC)C(=O)OCC. The Hall–Kier alpha value is -1.32. The molecule has 0 amide bonds. The minimum atomic E-state index is -0.419. The van der Waals surface area contributed by atoms with E-state index in [1.165, 1.54) is 0 Å². The van der Waals surface area contributed by atoms with Crippen LogP contribution in [0.3, 0.4) is 0 Å². The van der Waals surface area contributed by atoms with Crippen LogP contribution >= 0.6 is 0 Å². The maximum Gasteiger partial charge on any atom is 0.309 e. The number of allylic oxidation sites excluding steroid dienone is 1. The van der Waals surface area contributed by atoms with E-state index in [1.54, 1.807) is 19.9 Å². The molecule has 0 aliphatic carbocycles. The zero-order valence-corrected chi connectivity index (χ0v) is 10.0. The predicted octanol–water partition coefficient (Wildman–Crippen LogP) is 2.09. The summed E-state index contributed by atoms with van der Waals surface area (Å²) in [5, 5.41) is 0. The largest absolute Gasteiger partial charge is 0.466 e. The van der Waals surface area contributed by atoms with Crippen molar-refractivity contribution in [3.8, 4) is 0 Å². The van der Waals surface area contributed by atoms with Gasteiger partial charge in [0.05, 0.1) is 25.6 Å². The Morgan fingerprint density at radius 1 is 1.25 bits per heavy atom. The number of hydrogen-bond acceptors (Lipinski definition) is 4. The third kappa shape index (κ3) is 6.22. The maximum absolute atomic E-state index is 11.5. The van der Waals surface area contributed by atoms with Gasteiger partial charge in [-0.3, -0.25) is 9.59 Å². The fourth-order valence-electron chi connectivity index (χ4n) is 1.30. The monoisotopic (exact) mass is 228 g/mol. The quantitative estimate of drug-likeness (QED) is 0.471. The topological polar surface area (TPSA) is 52.6 Å². The minimum absolute atomic E-state index is 0.0838. The van der Waals surface area contributed by atoms with Crippen LogP contribution in [0.15, 0.2) is 12.7 Å². The molecule has 0 saturated heterocycles. The van der Waals surface area contributed by atoms with E-state index < -0.39 is 5.92 Å². The summed E-state index contributed by atoms with van der Waals surface area (Å²) in [5.74, 6) is -1.11. The van der Waals surface area contributed by atoms with Crippen molar-refractivity contribution in [3.63, 3.8) is 0 Å². The summed E-state index contributed by atoms with van der Waals surface area (Å²) < 4.78 is 9.71. The molecule has 0 rings (SSSR count). The van der Waals surface area contributed by atoms with E-state index in [1.807, 2.05) is 0 Å². The van der Waals surface area contributed by atoms with Crippen molar-refractivity contribution in [2.45, 2.75) is 33.1 Å². The first-order valence-corrected chi connectivity index (χ1v) is 5.58. The molecule has 0 heterocycles. The van der Waals surface area contributed by atoms with Gasteiger partial charge in [-0.05, 0) is 26.7 Å². The van der Waals surface area contributed by atoms with Crippen molar-refractivity contribution < 1.29 is 19.1 Å². The average Bonchev–Trinajstić information content (AvgIpc) is 2.24. The number of carbonyl (C=O) groups is 2. The van der Waals surface area contributed by atoms with E-state index in [9.17, 15) is 9.59 Å². The van der Waals surface area contributed by atoms with Gasteiger partial charge in [-0.1, -0.05) is 6.08 Å². The molecular weight excluding hydrogens is 208 g/mol. The number of ether oxygens (including phenoxy) is 2. The van der Waals surface area contributed by atoms with Crippen LogP contribution < -0.4 is 0 Å². The molecule has 4 nitrogen and oxygen atoms in total. The third-order valence-electron chi connectivity index (χ3n) is 2.06. The highest BCUT2D eigenvalue weighted by molar-refractivity contribution is 5.79. The first-order valence-electron chi connectivity index (χ1n) is 5.58. The van der Waals surface area contributed by atoms with E-state index in [0.717, 1.165) is 0 Å². The van der Waals surface area contributed by atoms with Crippen LogP contribution in [0.1, 0.15) is 33.1 Å². The Balaban J connectivity index is 4.23. The highest BCUT2D eigenvalue weighted by Gasteiger charge is 2.22. The molecule has 4 heteroatoms. The van der Waals surface area contributed by atoms with Crippen molar-refractivity contribution in [1.29, 1.82) is 0 Å². The number of hydrogen-bond donors (Lipinski definition) is 0. The Labute approximate surface area is 96.6 Å². The molecule has 0 bridgehead atoms. The molecule has 16 heavy (non-hydrogen) atoms. The molecule has 0 fully saturated rings. The normalized spacial score (nSPS) is 11.6. The third-order valence-corrected chi connectivity index (χ3v) is 2.06. The van der Waals surface area contributed by atoms with E-state index >= 15 is 0 Å². The lowest BCUT2D eigenvalue weighted by atomic mass is 9.99. The van der Waals surface area contributed by atoms with Crippen molar-refractivity contribution in [2.24, 2.45) is 5.92 Å². The van der Waals surface area contributed by atoms with Gasteiger partial charge < -0.3 is 9.47 Å². The van der Waals surface area contributed by atoms with Crippen LogP contribution in [0.5, 0.6) is 0 Å². The Bertz CT molecular complexity index is 235. The Morgan fingerprint density at radius 2 is 1.88 bits per heavy atom. The number of esters is 2. The van der Waals surface area contributed by atoms with Crippen LogP contribution in [0, 0.1) is 5.92 Å². The first kappa shape index (κ1) is 14.7. The van der Waals surface area contributed by atoms with Gasteiger partial charge >= 0.3 is 11.9 Å². The van der Waals surface area contributed by atoms with Crippen molar-refractivity contribution >= 4 is 11.9 Å². The Morgan fingerprint density at radius 3 is 2.38 bits per heavy atom. The fourth-order valence-corrected chi connectivity index (χ4v) is 1.30. The van der Waals surface area contributed by atoms with E-state index in [2.05, 4.69) is 6.58 Å². The summed E-state index contributed by atoms with van der Waals surface area (Å²) in [6.07, 6.45) is 3.06. The minimum Gasteiger partial charge on any atom is -0.466 e. The fraction of sp³-hybridized carbons (Fsp3) is 0.667. The lowest BCUT2D eigenvalue weighted by molar-refractivity contribution is -0.154. The second kappa shape index (κ2) is 8.95. The number of carbonyl (C=O) groups excluding carboxylic acids is 2. The molecule has 0 N–H and O–H groups in total. The summed E-state index contributed by atoms with van der Waals surface area (Å²) in [4.78, 5) is 22.8. The molecule has 0 aromatic heterocycles. The Kier molecular flexibility index (Phi) is 8.21. The van der Waals surface area contributed by atoms with Gasteiger partial charge in [-0.2, -0.15) is 0 Å². The summed E-state index contributed by atoms with van der Waals surface area (Å²) >= 11 is 0. The van der Waals surface area contributed by atoms with Gasteiger partial charge in [-0.15, -0.1) is 6.58 Å². The van der Waals surface area contributed by atoms with Crippen molar-refractivity contribution in [3.05, 3.63) is 12.7 Å². The molecule has 0 spiro atoms. The van der Waals surface area contributed by atoms with Crippen LogP contribution in [-0.4, -0.2) is 25.2 Å². The summed E-state index contributed by atoms with van der Waals surface area (Å²) in [6.45, 7) is 7.72. The van der Waals surface area contributed by atoms with Crippen LogP contribution in [0.4, 0.5) is 0 Å². The maximum atomic E-state index is 11.5. The van der Waals surface area contributed by atoms with Crippen LogP contribution in [-0.2, 0) is 19.1 Å². The number of rotatable bonds is 8. The van der Waals surface area contributed by atoms with Crippen molar-refractivity contribution in [2.75, 3.05) is 13.2 Å². The van der Waals surface area contributed by atoms with Crippen molar-refractivity contribution in [1.82, 2.24) is 0 Å². The highest BCUT2D eigenvalue weighted by Crippen LogP contribution is 2.14. The summed E-state index contributed by atoms with van der Waals surface area (Å²) in [6, 6.07) is 0. The van der Waals surface area contributed by atoms with E-state index in [4.69, 9.17) is 9.47 Å². The standard InChI is InChI=1S/C12H20O4/c1-4-7-8-10(12(14)16-6-3)9-11(13)15-5-2/h4,10H,1,5-9H2,2-3H3. The summed E-state index contributed by atoms with van der Waals surface area (Å²) in [5.41, 5.74) is 0. The second-order valence-electron chi connectivity index (χ2n) is 3.32. The van der Waals surface area contributed by atoms with Gasteiger partial charge in [0, 0.05) is 0 Å². The van der Waals surface area contributed by atoms with Crippen LogP contribution in [0.25, 0.3) is 0 Å². The highest BCUT2D eigenvalue weighted by atomic mass is 16.5. The molecule has 1 atom stereocenters. The van der Waals surface area contributed by atoms with Crippen LogP contribution in [0.2, 0.25) is 0 Å². The lowest BCUT2D eigenvalue weighted by Crippen LogP contribution is -2.22. The van der Waals surface area contributed by atoms with Gasteiger partial charge in [-0.25, -0.2) is 0 Å². The zero-order chi connectivity index (χ0) is 12.4. The summed E-state index contributed by atoms with van der Waals surface area (Å²) in [7, 11) is 0. The second-order valence-corrected chi connectivity index (χ2v) is 3.32. The molecule has 0 aromatic rings. The molecule has 1 unspecified atom stereocenters. The molecule has 0 radical (unpaired) electrons. The predicted molar refractivity (Wildman–Crippen MR) is 60.8 cm³/mol. The molecule has 0 aromatic carbocycles. The van der Waals surface area contributed by atoms with Gasteiger partial charge in [0.1, 0.15) is 0 Å². The molecule has 0 aliphatic rings. The van der Waals surface area contributed by atoms with E-state index in [-0.39, 0.29) is 18.4 Å². The molecular formula is C12H20O4. The smallest absolute Gasteiger partial charge is 0.309 e. The van der Waals surface area contributed by atoms with Gasteiger partial charge in [0.15, 0.2) is 0 Å². The average molecular weight is 228 g/mol. The zero-order valence-electron chi connectivity index (χ0n) is 10.0. The molecule has 0 saturated carbocycles. The van der Waals surface area contributed by atoms with E-state index in [0.29, 0.717) is 26.1 Å². The molecule has 0 aliphatic heterocycles. The lowest BCUT2D eigenvalue weighted by Gasteiger charge is -2.13. The molecule has 92 valence electrons. The van der Waals surface area contributed by atoms with Gasteiger partial charge in [0.25, 0.3) is 0 Å². The first-order chi connectivity index (χ1) is 7.65. The van der Waals surface area contributed by atoms with Gasteiger partial charge in [0.2, 0.25) is 0 Å².